The molecule has 3 N–H and O–H groups in total. The molecule has 92 valence electrons. The Morgan fingerprint density at radius 3 is 2.33 bits per heavy atom. The minimum Gasteiger partial charge on any atom is -0.395 e. The third-order valence-corrected chi connectivity index (χ3v) is 1.88. The number of nitrogens with two attached hydrogens (primary N) is 1. The van der Waals surface area contributed by atoms with E-state index in [1.807, 2.05) is 0 Å². The molecule has 0 aromatic carbocycles. The minimum atomic E-state index is -0.164. The van der Waals surface area contributed by atoms with Crippen LogP contribution in [0.4, 0.5) is 0 Å². The van der Waals surface area contributed by atoms with Crippen molar-refractivity contribution in [2.75, 3.05) is 46.8 Å². The number of aliphatic hydroxyl groups excluding tert-OH is 1. The highest BCUT2D eigenvalue weighted by molar-refractivity contribution is 4.56. The SMILES string of the molecule is COCCOCCCOCCC(N)CO. The lowest BCUT2D eigenvalue weighted by Crippen LogP contribution is -2.26. The summed E-state index contributed by atoms with van der Waals surface area (Å²) in [6.07, 6.45) is 1.57. The van der Waals surface area contributed by atoms with Crippen LogP contribution < -0.4 is 5.73 Å². The number of rotatable bonds is 11. The van der Waals surface area contributed by atoms with Gasteiger partial charge in [0.2, 0.25) is 0 Å². The van der Waals surface area contributed by atoms with Crippen LogP contribution >= 0.6 is 0 Å². The van der Waals surface area contributed by atoms with Crippen LogP contribution in [0.3, 0.4) is 0 Å². The number of hydrogen-bond donors (Lipinski definition) is 2. The van der Waals surface area contributed by atoms with Gasteiger partial charge in [0, 0.05) is 33.0 Å². The predicted octanol–water partition coefficient (Wildman–Crippen LogP) is -0.234. The van der Waals surface area contributed by atoms with E-state index in [0.29, 0.717) is 39.5 Å². The zero-order chi connectivity index (χ0) is 11.4. The van der Waals surface area contributed by atoms with Crippen LogP contribution in [0, 0.1) is 0 Å². The fourth-order valence-corrected chi connectivity index (χ4v) is 0.935. The van der Waals surface area contributed by atoms with E-state index >= 15 is 0 Å². The molecule has 0 fully saturated rings. The Morgan fingerprint density at radius 1 is 1.07 bits per heavy atom. The Labute approximate surface area is 91.5 Å². The van der Waals surface area contributed by atoms with Crippen LogP contribution in [0.2, 0.25) is 0 Å². The first-order chi connectivity index (χ1) is 7.31. The van der Waals surface area contributed by atoms with Gasteiger partial charge in [-0.15, -0.1) is 0 Å². The van der Waals surface area contributed by atoms with Crippen molar-refractivity contribution in [3.05, 3.63) is 0 Å². The second kappa shape index (κ2) is 11.9. The molecular formula is C10H23NO4. The molecule has 0 heterocycles. The average Bonchev–Trinajstić information content (AvgIpc) is 2.26. The van der Waals surface area contributed by atoms with Crippen LogP contribution in [-0.4, -0.2) is 57.9 Å². The third kappa shape index (κ3) is 11.7. The van der Waals surface area contributed by atoms with Crippen molar-refractivity contribution in [1.29, 1.82) is 0 Å². The fourth-order valence-electron chi connectivity index (χ4n) is 0.935. The molecule has 15 heavy (non-hydrogen) atoms. The Balaban J connectivity index is 2.92. The predicted molar refractivity (Wildman–Crippen MR) is 57.8 cm³/mol. The summed E-state index contributed by atoms with van der Waals surface area (Å²) in [4.78, 5) is 0. The van der Waals surface area contributed by atoms with Crippen molar-refractivity contribution in [1.82, 2.24) is 0 Å². The van der Waals surface area contributed by atoms with E-state index in [1.54, 1.807) is 7.11 Å². The van der Waals surface area contributed by atoms with Gasteiger partial charge in [-0.05, 0) is 12.8 Å². The largest absolute Gasteiger partial charge is 0.395 e. The maximum atomic E-state index is 8.65. The zero-order valence-electron chi connectivity index (χ0n) is 9.48. The van der Waals surface area contributed by atoms with Crippen LogP contribution in [0.1, 0.15) is 12.8 Å². The van der Waals surface area contributed by atoms with Crippen molar-refractivity contribution < 1.29 is 19.3 Å². The maximum absolute atomic E-state index is 8.65. The molecule has 0 aliphatic rings. The molecule has 0 radical (unpaired) electrons. The summed E-state index contributed by atoms with van der Waals surface area (Å²) < 4.78 is 15.4. The van der Waals surface area contributed by atoms with Gasteiger partial charge < -0.3 is 25.1 Å². The van der Waals surface area contributed by atoms with Crippen LogP contribution in [0.25, 0.3) is 0 Å². The number of hydrogen-bond acceptors (Lipinski definition) is 5. The lowest BCUT2D eigenvalue weighted by molar-refractivity contribution is 0.0496. The van der Waals surface area contributed by atoms with Crippen LogP contribution in [0.15, 0.2) is 0 Å². The van der Waals surface area contributed by atoms with E-state index < -0.39 is 0 Å². The van der Waals surface area contributed by atoms with Crippen molar-refractivity contribution in [2.24, 2.45) is 5.73 Å². The van der Waals surface area contributed by atoms with Crippen LogP contribution in [0.5, 0.6) is 0 Å². The molecule has 5 nitrogen and oxygen atoms in total. The summed E-state index contributed by atoms with van der Waals surface area (Å²) in [6.45, 7) is 3.24. The molecule has 1 unspecified atom stereocenters. The first kappa shape index (κ1) is 14.8. The Bertz CT molecular complexity index is 124. The van der Waals surface area contributed by atoms with E-state index in [9.17, 15) is 0 Å². The Morgan fingerprint density at radius 2 is 1.73 bits per heavy atom. The summed E-state index contributed by atoms with van der Waals surface area (Å²) in [6, 6.07) is -0.164. The fraction of sp³-hybridized carbons (Fsp3) is 1.00. The number of ether oxygens (including phenoxy) is 3. The summed E-state index contributed by atoms with van der Waals surface area (Å²) in [5.41, 5.74) is 5.50. The highest BCUT2D eigenvalue weighted by Crippen LogP contribution is 1.90. The molecule has 1 atom stereocenters. The van der Waals surface area contributed by atoms with Crippen molar-refractivity contribution in [3.8, 4) is 0 Å². The lowest BCUT2D eigenvalue weighted by atomic mass is 10.2. The highest BCUT2D eigenvalue weighted by Gasteiger charge is 1.99. The van der Waals surface area contributed by atoms with Gasteiger partial charge in [0.05, 0.1) is 19.8 Å². The van der Waals surface area contributed by atoms with E-state index in [1.165, 1.54) is 0 Å². The number of aliphatic hydroxyl groups is 1. The maximum Gasteiger partial charge on any atom is 0.0700 e. The van der Waals surface area contributed by atoms with E-state index in [2.05, 4.69) is 0 Å². The quantitative estimate of drug-likeness (QED) is 0.471. The number of methoxy groups -OCH3 is 1. The Hall–Kier alpha value is -0.200. The summed E-state index contributed by atoms with van der Waals surface area (Å²) >= 11 is 0. The third-order valence-electron chi connectivity index (χ3n) is 1.88. The summed E-state index contributed by atoms with van der Waals surface area (Å²) in [5.74, 6) is 0. The molecular weight excluding hydrogens is 198 g/mol. The normalized spacial score (nSPS) is 13.0. The standard InChI is InChI=1S/C10H23NO4/c1-13-7-8-15-5-2-4-14-6-3-10(11)9-12/h10,12H,2-9,11H2,1H3. The molecule has 0 saturated heterocycles. The molecule has 0 aliphatic carbocycles. The summed E-state index contributed by atoms with van der Waals surface area (Å²) in [5, 5.41) is 8.65. The monoisotopic (exact) mass is 221 g/mol. The molecule has 0 amide bonds. The molecule has 0 bridgehead atoms. The molecule has 0 aromatic rings. The smallest absolute Gasteiger partial charge is 0.0700 e. The molecule has 0 aliphatic heterocycles. The van der Waals surface area contributed by atoms with Crippen molar-refractivity contribution in [3.63, 3.8) is 0 Å². The average molecular weight is 221 g/mol. The van der Waals surface area contributed by atoms with E-state index in [4.69, 9.17) is 25.1 Å². The van der Waals surface area contributed by atoms with E-state index in [0.717, 1.165) is 6.42 Å². The highest BCUT2D eigenvalue weighted by atomic mass is 16.5. The summed E-state index contributed by atoms with van der Waals surface area (Å²) in [7, 11) is 1.65. The van der Waals surface area contributed by atoms with Gasteiger partial charge in [0.25, 0.3) is 0 Å². The zero-order valence-corrected chi connectivity index (χ0v) is 9.48. The first-order valence-corrected chi connectivity index (χ1v) is 5.32. The topological polar surface area (TPSA) is 73.9 Å². The van der Waals surface area contributed by atoms with Gasteiger partial charge in [-0.3, -0.25) is 0 Å². The van der Waals surface area contributed by atoms with Crippen molar-refractivity contribution in [2.45, 2.75) is 18.9 Å². The van der Waals surface area contributed by atoms with Crippen molar-refractivity contribution >= 4 is 0 Å². The van der Waals surface area contributed by atoms with Gasteiger partial charge in [-0.2, -0.15) is 0 Å². The van der Waals surface area contributed by atoms with Gasteiger partial charge in [-0.1, -0.05) is 0 Å². The molecule has 0 aromatic heterocycles. The molecule has 0 spiro atoms. The Kier molecular flexibility index (Phi) is 11.7. The second-order valence-corrected chi connectivity index (χ2v) is 3.30. The van der Waals surface area contributed by atoms with Gasteiger partial charge in [-0.25, -0.2) is 0 Å². The lowest BCUT2D eigenvalue weighted by Gasteiger charge is -2.08. The minimum absolute atomic E-state index is 0.0174. The molecule has 5 heteroatoms. The van der Waals surface area contributed by atoms with Gasteiger partial charge in [0.1, 0.15) is 0 Å². The molecule has 0 rings (SSSR count). The van der Waals surface area contributed by atoms with Gasteiger partial charge in [0.15, 0.2) is 0 Å². The second-order valence-electron chi connectivity index (χ2n) is 3.30. The molecule has 0 saturated carbocycles. The van der Waals surface area contributed by atoms with E-state index in [-0.39, 0.29) is 12.6 Å². The van der Waals surface area contributed by atoms with Gasteiger partial charge >= 0.3 is 0 Å². The first-order valence-electron chi connectivity index (χ1n) is 5.32. The van der Waals surface area contributed by atoms with Crippen LogP contribution in [-0.2, 0) is 14.2 Å².